The van der Waals surface area contributed by atoms with Crippen LogP contribution in [0.4, 0.5) is 4.39 Å². The molecule has 0 bridgehead atoms. The SMILES string of the molecule is CC.CCCOC1CCN(C2CCN(CC(C)C)CC2)CC1(C)F. The van der Waals surface area contributed by atoms with Gasteiger partial charge in [0.05, 0.1) is 6.10 Å². The molecule has 144 valence electrons. The van der Waals surface area contributed by atoms with Gasteiger partial charge in [-0.25, -0.2) is 4.39 Å². The van der Waals surface area contributed by atoms with Gasteiger partial charge in [0.1, 0.15) is 5.67 Å². The Balaban J connectivity index is 0.00000139. The van der Waals surface area contributed by atoms with Gasteiger partial charge in [-0.1, -0.05) is 34.6 Å². The van der Waals surface area contributed by atoms with E-state index in [1.807, 2.05) is 13.8 Å². The largest absolute Gasteiger partial charge is 0.375 e. The Morgan fingerprint density at radius 1 is 1.12 bits per heavy atom. The number of likely N-dealkylation sites (tertiary alicyclic amines) is 2. The summed E-state index contributed by atoms with van der Waals surface area (Å²) in [5.74, 6) is 0.733. The summed E-state index contributed by atoms with van der Waals surface area (Å²) < 4.78 is 20.7. The second-order valence-electron chi connectivity index (χ2n) is 7.82. The lowest BCUT2D eigenvalue weighted by Crippen LogP contribution is -2.57. The zero-order chi connectivity index (χ0) is 18.2. The molecule has 4 heteroatoms. The maximum atomic E-state index is 14.9. The van der Waals surface area contributed by atoms with E-state index in [4.69, 9.17) is 4.74 Å². The molecule has 0 aromatic rings. The van der Waals surface area contributed by atoms with E-state index in [1.165, 1.54) is 19.4 Å². The number of piperidine rings is 2. The topological polar surface area (TPSA) is 15.7 Å². The molecule has 2 atom stereocenters. The first-order valence-electron chi connectivity index (χ1n) is 10.2. The highest BCUT2D eigenvalue weighted by Crippen LogP contribution is 2.31. The third-order valence-corrected chi connectivity index (χ3v) is 5.08. The van der Waals surface area contributed by atoms with Gasteiger partial charge in [0.2, 0.25) is 0 Å². The monoisotopic (exact) mass is 344 g/mol. The van der Waals surface area contributed by atoms with Crippen molar-refractivity contribution < 1.29 is 9.13 Å². The first-order chi connectivity index (χ1) is 11.4. The van der Waals surface area contributed by atoms with Crippen LogP contribution in [0.25, 0.3) is 0 Å². The van der Waals surface area contributed by atoms with Crippen molar-refractivity contribution in [1.82, 2.24) is 9.80 Å². The minimum absolute atomic E-state index is 0.218. The maximum Gasteiger partial charge on any atom is 0.146 e. The van der Waals surface area contributed by atoms with E-state index < -0.39 is 5.67 Å². The van der Waals surface area contributed by atoms with Crippen LogP contribution in [0.2, 0.25) is 0 Å². The van der Waals surface area contributed by atoms with Gasteiger partial charge in [-0.3, -0.25) is 4.90 Å². The van der Waals surface area contributed by atoms with Crippen molar-refractivity contribution in [2.75, 3.05) is 39.3 Å². The van der Waals surface area contributed by atoms with Gasteiger partial charge < -0.3 is 9.64 Å². The Morgan fingerprint density at radius 3 is 2.25 bits per heavy atom. The maximum absolute atomic E-state index is 14.9. The summed E-state index contributed by atoms with van der Waals surface area (Å²) in [6.45, 7) is 18.1. The van der Waals surface area contributed by atoms with E-state index in [0.717, 1.165) is 38.4 Å². The predicted molar refractivity (Wildman–Crippen MR) is 101 cm³/mol. The highest BCUT2D eigenvalue weighted by Gasteiger charge is 2.42. The minimum Gasteiger partial charge on any atom is -0.375 e. The van der Waals surface area contributed by atoms with Crippen LogP contribution in [0, 0.1) is 5.92 Å². The molecule has 0 aromatic carbocycles. The fourth-order valence-corrected chi connectivity index (χ4v) is 3.97. The van der Waals surface area contributed by atoms with Crippen LogP contribution < -0.4 is 0 Å². The van der Waals surface area contributed by atoms with E-state index >= 15 is 0 Å². The quantitative estimate of drug-likeness (QED) is 0.712. The van der Waals surface area contributed by atoms with Crippen molar-refractivity contribution in [1.29, 1.82) is 0 Å². The van der Waals surface area contributed by atoms with Gasteiger partial charge in [-0.05, 0) is 51.6 Å². The Kier molecular flexibility index (Phi) is 9.76. The molecule has 0 amide bonds. The summed E-state index contributed by atoms with van der Waals surface area (Å²) in [6, 6.07) is 0.561. The zero-order valence-corrected chi connectivity index (χ0v) is 17.0. The van der Waals surface area contributed by atoms with Crippen molar-refractivity contribution in [3.8, 4) is 0 Å². The Bertz CT molecular complexity index is 328. The molecular formula is C20H41FN2O. The molecule has 2 aliphatic rings. The second-order valence-corrected chi connectivity index (χ2v) is 7.82. The summed E-state index contributed by atoms with van der Waals surface area (Å²) in [5.41, 5.74) is -1.21. The molecule has 3 nitrogen and oxygen atoms in total. The number of rotatable bonds is 6. The number of alkyl halides is 1. The third-order valence-electron chi connectivity index (χ3n) is 5.08. The van der Waals surface area contributed by atoms with Crippen molar-refractivity contribution in [2.45, 2.75) is 85.0 Å². The van der Waals surface area contributed by atoms with Crippen LogP contribution in [-0.2, 0) is 4.74 Å². The van der Waals surface area contributed by atoms with E-state index in [-0.39, 0.29) is 6.10 Å². The van der Waals surface area contributed by atoms with Gasteiger partial charge in [0.25, 0.3) is 0 Å². The molecule has 2 rings (SSSR count). The average molecular weight is 345 g/mol. The molecule has 24 heavy (non-hydrogen) atoms. The minimum atomic E-state index is -1.21. The number of halogens is 1. The summed E-state index contributed by atoms with van der Waals surface area (Å²) in [5, 5.41) is 0. The van der Waals surface area contributed by atoms with Gasteiger partial charge in [0.15, 0.2) is 0 Å². The molecule has 0 spiro atoms. The zero-order valence-electron chi connectivity index (χ0n) is 17.0. The molecule has 2 fully saturated rings. The second kappa shape index (κ2) is 10.7. The highest BCUT2D eigenvalue weighted by atomic mass is 19.1. The van der Waals surface area contributed by atoms with Crippen LogP contribution in [0.1, 0.15) is 67.2 Å². The van der Waals surface area contributed by atoms with Gasteiger partial charge in [-0.15, -0.1) is 0 Å². The fourth-order valence-electron chi connectivity index (χ4n) is 3.97. The lowest BCUT2D eigenvalue weighted by atomic mass is 9.90. The number of nitrogens with zero attached hydrogens (tertiary/aromatic N) is 2. The van der Waals surface area contributed by atoms with Crippen molar-refractivity contribution in [3.05, 3.63) is 0 Å². The van der Waals surface area contributed by atoms with Crippen molar-refractivity contribution in [3.63, 3.8) is 0 Å². The Hall–Kier alpha value is -0.190. The molecule has 0 aliphatic carbocycles. The van der Waals surface area contributed by atoms with E-state index in [9.17, 15) is 4.39 Å². The van der Waals surface area contributed by atoms with Gasteiger partial charge in [0, 0.05) is 32.3 Å². The molecule has 2 saturated heterocycles. The van der Waals surface area contributed by atoms with Crippen LogP contribution in [0.5, 0.6) is 0 Å². The van der Waals surface area contributed by atoms with Crippen LogP contribution in [-0.4, -0.2) is 66.9 Å². The normalized spacial score (nSPS) is 30.2. The first-order valence-corrected chi connectivity index (χ1v) is 10.2. The summed E-state index contributed by atoms with van der Waals surface area (Å²) >= 11 is 0. The molecule has 2 unspecified atom stereocenters. The summed E-state index contributed by atoms with van der Waals surface area (Å²) in [6.07, 6.45) is 3.95. The summed E-state index contributed by atoms with van der Waals surface area (Å²) in [4.78, 5) is 4.95. The molecule has 0 saturated carbocycles. The predicted octanol–water partition coefficient (Wildman–Crippen LogP) is 4.36. The lowest BCUT2D eigenvalue weighted by Gasteiger charge is -2.46. The van der Waals surface area contributed by atoms with Crippen molar-refractivity contribution in [2.24, 2.45) is 5.92 Å². The smallest absolute Gasteiger partial charge is 0.146 e. The number of hydrogen-bond acceptors (Lipinski definition) is 3. The van der Waals surface area contributed by atoms with Crippen LogP contribution in [0.15, 0.2) is 0 Å². The third kappa shape index (κ3) is 6.61. The first kappa shape index (κ1) is 21.9. The molecule has 0 N–H and O–H groups in total. The van der Waals surface area contributed by atoms with Crippen molar-refractivity contribution >= 4 is 0 Å². The molecule has 2 aliphatic heterocycles. The van der Waals surface area contributed by atoms with Crippen LogP contribution >= 0.6 is 0 Å². The standard InChI is InChI=1S/C18H35FN2O.C2H6/c1-5-12-22-17-8-11-21(14-18(17,4)19)16-6-9-20(10-7-16)13-15(2)3;1-2/h15-17H,5-14H2,1-4H3;1-2H3. The lowest BCUT2D eigenvalue weighted by molar-refractivity contribution is -0.107. The molecule has 0 radical (unpaired) electrons. The molecular weight excluding hydrogens is 303 g/mol. The molecule has 2 heterocycles. The van der Waals surface area contributed by atoms with E-state index in [2.05, 4.69) is 30.6 Å². The highest BCUT2D eigenvalue weighted by molar-refractivity contribution is 4.95. The van der Waals surface area contributed by atoms with E-state index in [1.54, 1.807) is 6.92 Å². The van der Waals surface area contributed by atoms with E-state index in [0.29, 0.717) is 19.2 Å². The Morgan fingerprint density at radius 2 is 1.75 bits per heavy atom. The number of ether oxygens (including phenoxy) is 1. The fraction of sp³-hybridized carbons (Fsp3) is 1.00. The molecule has 0 aromatic heterocycles. The van der Waals surface area contributed by atoms with Gasteiger partial charge >= 0.3 is 0 Å². The summed E-state index contributed by atoms with van der Waals surface area (Å²) in [7, 11) is 0. The Labute approximate surface area is 149 Å². The van der Waals surface area contributed by atoms with Crippen LogP contribution in [0.3, 0.4) is 0 Å². The van der Waals surface area contributed by atoms with Gasteiger partial charge in [-0.2, -0.15) is 0 Å². The average Bonchev–Trinajstić information content (AvgIpc) is 2.55. The number of hydrogen-bond donors (Lipinski definition) is 0.